The molecule has 114 valence electrons. The summed E-state index contributed by atoms with van der Waals surface area (Å²) in [5.41, 5.74) is 0. The number of rotatable bonds is 3. The lowest BCUT2D eigenvalue weighted by atomic mass is 10.0. The first-order chi connectivity index (χ1) is 9.13. The summed E-state index contributed by atoms with van der Waals surface area (Å²) in [6, 6.07) is 0. The van der Waals surface area contributed by atoms with Crippen LogP contribution in [-0.4, -0.2) is 31.6 Å². The molecule has 2 unspecified atom stereocenters. The molecule has 0 N–H and O–H groups in total. The fraction of sp³-hybridized carbons (Fsp3) is 0.933. The van der Waals surface area contributed by atoms with Gasteiger partial charge in [0, 0.05) is 13.2 Å². The van der Waals surface area contributed by atoms with Crippen LogP contribution in [-0.2, 0) is 19.0 Å². The third kappa shape index (κ3) is 8.22. The molecule has 2 atom stereocenters. The van der Waals surface area contributed by atoms with Crippen LogP contribution in [0.5, 0.6) is 0 Å². The van der Waals surface area contributed by atoms with Crippen LogP contribution >= 0.6 is 0 Å². The van der Waals surface area contributed by atoms with Gasteiger partial charge in [-0.25, -0.2) is 0 Å². The van der Waals surface area contributed by atoms with Gasteiger partial charge in [-0.15, -0.1) is 0 Å². The van der Waals surface area contributed by atoms with Crippen molar-refractivity contribution in [1.29, 1.82) is 0 Å². The lowest BCUT2D eigenvalue weighted by Crippen LogP contribution is -2.36. The minimum absolute atomic E-state index is 0.0521. The van der Waals surface area contributed by atoms with Crippen LogP contribution in [0.15, 0.2) is 0 Å². The second-order valence-corrected chi connectivity index (χ2v) is 4.73. The van der Waals surface area contributed by atoms with Crippen LogP contribution in [0.1, 0.15) is 60.3 Å². The standard InChI is InChI=1S/C7H14O2.C6H10O2.C2H6/c1-2-8-7-5-3-4-6-9-7;1-4(2)5-3-6(7)8-5;1-2/h7H,2-6H2,1H3;4-5H,3H2,1-2H3;1-2H3. The zero-order chi connectivity index (χ0) is 14.7. The molecule has 4 heteroatoms. The van der Waals surface area contributed by atoms with E-state index in [1.54, 1.807) is 0 Å². The number of hydrogen-bond acceptors (Lipinski definition) is 4. The molecule has 2 heterocycles. The number of ether oxygens (including phenoxy) is 3. The topological polar surface area (TPSA) is 44.8 Å². The summed E-state index contributed by atoms with van der Waals surface area (Å²) in [7, 11) is 0. The number of cyclic esters (lactones) is 1. The first-order valence-electron chi connectivity index (χ1n) is 7.56. The Labute approximate surface area is 117 Å². The van der Waals surface area contributed by atoms with E-state index < -0.39 is 0 Å². The van der Waals surface area contributed by atoms with Gasteiger partial charge in [0.1, 0.15) is 6.10 Å². The Kier molecular flexibility index (Phi) is 10.9. The zero-order valence-electron chi connectivity index (χ0n) is 13.1. The van der Waals surface area contributed by atoms with Crippen LogP contribution in [0.25, 0.3) is 0 Å². The van der Waals surface area contributed by atoms with Crippen molar-refractivity contribution in [3.63, 3.8) is 0 Å². The van der Waals surface area contributed by atoms with E-state index in [1.807, 2.05) is 20.8 Å². The summed E-state index contributed by atoms with van der Waals surface area (Å²) in [4.78, 5) is 10.2. The lowest BCUT2D eigenvalue weighted by molar-refractivity contribution is -0.173. The maximum absolute atomic E-state index is 10.2. The molecule has 0 radical (unpaired) electrons. The molecule has 0 aromatic rings. The Morgan fingerprint density at radius 1 is 1.32 bits per heavy atom. The zero-order valence-corrected chi connectivity index (χ0v) is 13.1. The lowest BCUT2D eigenvalue weighted by Gasteiger charge is -2.28. The van der Waals surface area contributed by atoms with Crippen LogP contribution < -0.4 is 0 Å². The number of carbonyl (C=O) groups excluding carboxylic acids is 1. The molecule has 4 nitrogen and oxygen atoms in total. The summed E-state index contributed by atoms with van der Waals surface area (Å²) in [5.74, 6) is 0.441. The third-order valence-corrected chi connectivity index (χ3v) is 2.88. The third-order valence-electron chi connectivity index (χ3n) is 2.88. The van der Waals surface area contributed by atoms with E-state index in [4.69, 9.17) is 14.2 Å². The average molecular weight is 274 g/mol. The van der Waals surface area contributed by atoms with Crippen molar-refractivity contribution in [2.24, 2.45) is 5.92 Å². The second-order valence-electron chi connectivity index (χ2n) is 4.73. The highest BCUT2D eigenvalue weighted by Gasteiger charge is 2.30. The predicted octanol–water partition coefficient (Wildman–Crippen LogP) is 3.53. The second kappa shape index (κ2) is 11.2. The fourth-order valence-electron chi connectivity index (χ4n) is 1.72. The predicted molar refractivity (Wildman–Crippen MR) is 75.9 cm³/mol. The Hall–Kier alpha value is -0.610. The Balaban J connectivity index is 0.000000303. The van der Waals surface area contributed by atoms with Crippen molar-refractivity contribution in [3.8, 4) is 0 Å². The van der Waals surface area contributed by atoms with Gasteiger partial charge in [-0.05, 0) is 32.1 Å². The molecule has 0 spiro atoms. The monoisotopic (exact) mass is 274 g/mol. The van der Waals surface area contributed by atoms with Crippen molar-refractivity contribution in [1.82, 2.24) is 0 Å². The van der Waals surface area contributed by atoms with E-state index >= 15 is 0 Å². The highest BCUT2D eigenvalue weighted by molar-refractivity contribution is 5.75. The molecule has 2 saturated heterocycles. The first-order valence-corrected chi connectivity index (χ1v) is 7.56. The van der Waals surface area contributed by atoms with Gasteiger partial charge in [-0.1, -0.05) is 27.7 Å². The summed E-state index contributed by atoms with van der Waals surface area (Å²) in [6.45, 7) is 11.8. The maximum atomic E-state index is 10.2. The summed E-state index contributed by atoms with van der Waals surface area (Å²) >= 11 is 0. The summed E-state index contributed by atoms with van der Waals surface area (Å²) in [5, 5.41) is 0. The maximum Gasteiger partial charge on any atom is 0.309 e. The molecule has 0 amide bonds. The van der Waals surface area contributed by atoms with Gasteiger partial charge >= 0.3 is 5.97 Å². The van der Waals surface area contributed by atoms with Gasteiger partial charge in [0.15, 0.2) is 6.29 Å². The van der Waals surface area contributed by atoms with Gasteiger partial charge in [0.05, 0.1) is 6.42 Å². The van der Waals surface area contributed by atoms with Crippen LogP contribution in [0, 0.1) is 5.92 Å². The van der Waals surface area contributed by atoms with Gasteiger partial charge in [0.2, 0.25) is 0 Å². The number of carbonyl (C=O) groups is 1. The molecule has 2 fully saturated rings. The highest BCUT2D eigenvalue weighted by Crippen LogP contribution is 2.20. The molecule has 2 aliphatic rings. The highest BCUT2D eigenvalue weighted by atomic mass is 16.7. The largest absolute Gasteiger partial charge is 0.461 e. The van der Waals surface area contributed by atoms with E-state index in [1.165, 1.54) is 12.8 Å². The van der Waals surface area contributed by atoms with E-state index in [-0.39, 0.29) is 18.4 Å². The minimum atomic E-state index is -0.0521. The smallest absolute Gasteiger partial charge is 0.309 e. The van der Waals surface area contributed by atoms with E-state index in [2.05, 4.69) is 13.8 Å². The first kappa shape index (κ1) is 18.4. The van der Waals surface area contributed by atoms with E-state index in [9.17, 15) is 4.79 Å². The molecule has 2 rings (SSSR count). The molecule has 19 heavy (non-hydrogen) atoms. The average Bonchev–Trinajstić information content (AvgIpc) is 2.40. The molecular formula is C15H30O4. The van der Waals surface area contributed by atoms with Crippen molar-refractivity contribution in [3.05, 3.63) is 0 Å². The van der Waals surface area contributed by atoms with Crippen LogP contribution in [0.3, 0.4) is 0 Å². The SMILES string of the molecule is CC.CC(C)C1CC(=O)O1.CCOC1CCCCO1. The Morgan fingerprint density at radius 3 is 2.26 bits per heavy atom. The Bertz CT molecular complexity index is 211. The fourth-order valence-corrected chi connectivity index (χ4v) is 1.72. The van der Waals surface area contributed by atoms with Gasteiger partial charge < -0.3 is 14.2 Å². The van der Waals surface area contributed by atoms with Gasteiger partial charge in [0.25, 0.3) is 0 Å². The quantitative estimate of drug-likeness (QED) is 0.738. The molecule has 0 saturated carbocycles. The van der Waals surface area contributed by atoms with E-state index in [0.717, 1.165) is 19.6 Å². The number of hydrogen-bond donors (Lipinski definition) is 0. The molecule has 0 bridgehead atoms. The normalized spacial score (nSPS) is 25.3. The Morgan fingerprint density at radius 2 is 1.95 bits per heavy atom. The van der Waals surface area contributed by atoms with Crippen molar-refractivity contribution in [2.75, 3.05) is 13.2 Å². The van der Waals surface area contributed by atoms with Crippen molar-refractivity contribution in [2.45, 2.75) is 72.7 Å². The molecule has 0 aliphatic carbocycles. The number of esters is 1. The van der Waals surface area contributed by atoms with Crippen molar-refractivity contribution < 1.29 is 19.0 Å². The van der Waals surface area contributed by atoms with Crippen LogP contribution in [0.4, 0.5) is 0 Å². The molecular weight excluding hydrogens is 244 g/mol. The molecule has 0 aromatic carbocycles. The van der Waals surface area contributed by atoms with Gasteiger partial charge in [-0.2, -0.15) is 0 Å². The summed E-state index contributed by atoms with van der Waals surface area (Å²) < 4.78 is 15.3. The van der Waals surface area contributed by atoms with Crippen molar-refractivity contribution >= 4 is 5.97 Å². The molecule has 2 aliphatic heterocycles. The molecule has 0 aromatic heterocycles. The summed E-state index contributed by atoms with van der Waals surface area (Å²) in [6.07, 6.45) is 4.46. The van der Waals surface area contributed by atoms with Crippen LogP contribution in [0.2, 0.25) is 0 Å². The van der Waals surface area contributed by atoms with E-state index in [0.29, 0.717) is 12.3 Å². The minimum Gasteiger partial charge on any atom is -0.461 e. The van der Waals surface area contributed by atoms with Gasteiger partial charge in [-0.3, -0.25) is 4.79 Å².